The zero-order valence-electron chi connectivity index (χ0n) is 11.9. The maximum absolute atomic E-state index is 10.6. The first-order valence-corrected chi connectivity index (χ1v) is 6.76. The second kappa shape index (κ2) is 7.33. The molecule has 0 aliphatic rings. The van der Waals surface area contributed by atoms with Gasteiger partial charge in [-0.15, -0.1) is 0 Å². The van der Waals surface area contributed by atoms with Gasteiger partial charge in [0.1, 0.15) is 24.7 Å². The molecule has 0 radical (unpaired) electrons. The van der Waals surface area contributed by atoms with Crippen molar-refractivity contribution in [1.82, 2.24) is 0 Å². The Hall–Kier alpha value is -2.49. The van der Waals surface area contributed by atoms with Crippen LogP contribution in [-0.4, -0.2) is 24.3 Å². The van der Waals surface area contributed by atoms with Crippen LogP contribution < -0.4 is 9.47 Å². The molecule has 2 aromatic rings. The van der Waals surface area contributed by atoms with E-state index < -0.39 is 5.97 Å². The number of aliphatic carboxylic acids is 1. The standard InChI is InChI=1S/C17H18O4/c1-13-2-6-15(7-3-13)20-10-11-21-16-8-4-14(5-9-16)12-17(18)19/h2-9H,10-12H2,1H3,(H,18,19). The average Bonchev–Trinajstić information content (AvgIpc) is 2.46. The Morgan fingerprint density at radius 1 is 0.905 bits per heavy atom. The highest BCUT2D eigenvalue weighted by Crippen LogP contribution is 2.14. The fraction of sp³-hybridized carbons (Fsp3) is 0.235. The summed E-state index contributed by atoms with van der Waals surface area (Å²) < 4.78 is 11.1. The smallest absolute Gasteiger partial charge is 0.307 e. The summed E-state index contributed by atoms with van der Waals surface area (Å²) in [6.45, 7) is 2.92. The van der Waals surface area contributed by atoms with E-state index in [-0.39, 0.29) is 6.42 Å². The molecule has 0 bridgehead atoms. The van der Waals surface area contributed by atoms with Crippen molar-refractivity contribution in [2.45, 2.75) is 13.3 Å². The Labute approximate surface area is 123 Å². The number of benzene rings is 2. The molecule has 0 heterocycles. The Morgan fingerprint density at radius 2 is 1.38 bits per heavy atom. The molecule has 4 nitrogen and oxygen atoms in total. The molecule has 110 valence electrons. The van der Waals surface area contributed by atoms with Gasteiger partial charge in [0.2, 0.25) is 0 Å². The molecule has 0 unspecified atom stereocenters. The van der Waals surface area contributed by atoms with Crippen LogP contribution in [-0.2, 0) is 11.2 Å². The third kappa shape index (κ3) is 5.18. The molecule has 2 aromatic carbocycles. The van der Waals surface area contributed by atoms with E-state index in [1.807, 2.05) is 31.2 Å². The zero-order valence-corrected chi connectivity index (χ0v) is 11.9. The lowest BCUT2D eigenvalue weighted by atomic mass is 10.1. The van der Waals surface area contributed by atoms with Crippen LogP contribution in [0.4, 0.5) is 0 Å². The Morgan fingerprint density at radius 3 is 1.86 bits per heavy atom. The summed E-state index contributed by atoms with van der Waals surface area (Å²) >= 11 is 0. The molecule has 21 heavy (non-hydrogen) atoms. The molecular weight excluding hydrogens is 268 g/mol. The summed E-state index contributed by atoms with van der Waals surface area (Å²) in [5, 5.41) is 8.69. The van der Waals surface area contributed by atoms with Gasteiger partial charge in [0.05, 0.1) is 6.42 Å². The molecule has 1 N–H and O–H groups in total. The minimum absolute atomic E-state index is 0.0246. The van der Waals surface area contributed by atoms with Crippen molar-refractivity contribution in [3.63, 3.8) is 0 Å². The minimum Gasteiger partial charge on any atom is -0.490 e. The Bertz CT molecular complexity index is 573. The number of carboxylic acid groups (broad SMARTS) is 1. The molecule has 0 saturated carbocycles. The first-order chi connectivity index (χ1) is 10.1. The van der Waals surface area contributed by atoms with E-state index in [0.717, 1.165) is 11.3 Å². The van der Waals surface area contributed by atoms with Crippen molar-refractivity contribution in [1.29, 1.82) is 0 Å². The number of ether oxygens (including phenoxy) is 2. The number of carbonyl (C=O) groups is 1. The second-order valence-electron chi connectivity index (χ2n) is 4.72. The van der Waals surface area contributed by atoms with Crippen molar-refractivity contribution in [3.8, 4) is 11.5 Å². The van der Waals surface area contributed by atoms with Crippen molar-refractivity contribution in [2.24, 2.45) is 0 Å². The van der Waals surface area contributed by atoms with Crippen LogP contribution in [0.5, 0.6) is 11.5 Å². The first kappa shape index (κ1) is 14.9. The van der Waals surface area contributed by atoms with Crippen LogP contribution in [0.25, 0.3) is 0 Å². The van der Waals surface area contributed by atoms with Gasteiger partial charge in [-0.1, -0.05) is 29.8 Å². The molecule has 2 rings (SSSR count). The lowest BCUT2D eigenvalue weighted by Crippen LogP contribution is -2.09. The van der Waals surface area contributed by atoms with Gasteiger partial charge in [-0.3, -0.25) is 4.79 Å². The van der Waals surface area contributed by atoms with E-state index in [1.165, 1.54) is 5.56 Å². The van der Waals surface area contributed by atoms with Gasteiger partial charge >= 0.3 is 5.97 Å². The van der Waals surface area contributed by atoms with Crippen molar-refractivity contribution in [3.05, 3.63) is 59.7 Å². The number of hydrogen-bond donors (Lipinski definition) is 1. The van der Waals surface area contributed by atoms with Crippen molar-refractivity contribution >= 4 is 5.97 Å². The highest BCUT2D eigenvalue weighted by molar-refractivity contribution is 5.70. The van der Waals surface area contributed by atoms with Gasteiger partial charge in [0, 0.05) is 0 Å². The van der Waals surface area contributed by atoms with Crippen LogP contribution in [0.1, 0.15) is 11.1 Å². The van der Waals surface area contributed by atoms with Crippen molar-refractivity contribution in [2.75, 3.05) is 13.2 Å². The predicted molar refractivity (Wildman–Crippen MR) is 80.0 cm³/mol. The summed E-state index contributed by atoms with van der Waals surface area (Å²) in [6.07, 6.45) is 0.0246. The fourth-order valence-corrected chi connectivity index (χ4v) is 1.83. The topological polar surface area (TPSA) is 55.8 Å². The van der Waals surface area contributed by atoms with E-state index in [2.05, 4.69) is 0 Å². The van der Waals surface area contributed by atoms with E-state index in [9.17, 15) is 4.79 Å². The number of hydrogen-bond acceptors (Lipinski definition) is 3. The minimum atomic E-state index is -0.838. The van der Waals surface area contributed by atoms with Gasteiger partial charge in [0.15, 0.2) is 0 Å². The van der Waals surface area contributed by atoms with Crippen LogP contribution in [0.2, 0.25) is 0 Å². The van der Waals surface area contributed by atoms with Gasteiger partial charge in [-0.2, -0.15) is 0 Å². The quantitative estimate of drug-likeness (QED) is 0.795. The fourth-order valence-electron chi connectivity index (χ4n) is 1.83. The van der Waals surface area contributed by atoms with Crippen molar-refractivity contribution < 1.29 is 19.4 Å². The normalized spacial score (nSPS) is 10.1. The number of carboxylic acids is 1. The van der Waals surface area contributed by atoms with Gasteiger partial charge in [-0.25, -0.2) is 0 Å². The van der Waals surface area contributed by atoms with Crippen LogP contribution >= 0.6 is 0 Å². The molecule has 0 aliphatic carbocycles. The van der Waals surface area contributed by atoms with Crippen LogP contribution in [0.15, 0.2) is 48.5 Å². The number of aryl methyl sites for hydroxylation is 1. The summed E-state index contributed by atoms with van der Waals surface area (Å²) in [7, 11) is 0. The maximum atomic E-state index is 10.6. The van der Waals surface area contributed by atoms with Crippen LogP contribution in [0, 0.1) is 6.92 Å². The molecule has 0 aliphatic heterocycles. The molecule has 0 spiro atoms. The molecule has 0 aromatic heterocycles. The average molecular weight is 286 g/mol. The first-order valence-electron chi connectivity index (χ1n) is 6.76. The molecule has 0 atom stereocenters. The van der Waals surface area contributed by atoms with Crippen LogP contribution in [0.3, 0.4) is 0 Å². The number of rotatable bonds is 7. The second-order valence-corrected chi connectivity index (χ2v) is 4.72. The molecule has 0 amide bonds. The van der Waals surface area contributed by atoms with E-state index in [4.69, 9.17) is 14.6 Å². The lowest BCUT2D eigenvalue weighted by molar-refractivity contribution is -0.136. The molecular formula is C17H18O4. The Balaban J connectivity index is 1.73. The van der Waals surface area contributed by atoms with Gasteiger partial charge < -0.3 is 14.6 Å². The predicted octanol–water partition coefficient (Wildman–Crippen LogP) is 3.08. The zero-order chi connectivity index (χ0) is 15.1. The SMILES string of the molecule is Cc1ccc(OCCOc2ccc(CC(=O)O)cc2)cc1. The van der Waals surface area contributed by atoms with Gasteiger partial charge in [0.25, 0.3) is 0 Å². The molecule has 0 saturated heterocycles. The summed E-state index contributed by atoms with van der Waals surface area (Å²) in [5.74, 6) is 0.688. The highest BCUT2D eigenvalue weighted by Gasteiger charge is 2.01. The third-order valence-corrected chi connectivity index (χ3v) is 2.92. The maximum Gasteiger partial charge on any atom is 0.307 e. The third-order valence-electron chi connectivity index (χ3n) is 2.92. The monoisotopic (exact) mass is 286 g/mol. The summed E-state index contributed by atoms with van der Waals surface area (Å²) in [5.41, 5.74) is 1.95. The van der Waals surface area contributed by atoms with E-state index in [1.54, 1.807) is 24.3 Å². The van der Waals surface area contributed by atoms with Gasteiger partial charge in [-0.05, 0) is 36.8 Å². The van der Waals surface area contributed by atoms with E-state index >= 15 is 0 Å². The Kier molecular flexibility index (Phi) is 5.21. The summed E-state index contributed by atoms with van der Waals surface area (Å²) in [4.78, 5) is 10.6. The highest BCUT2D eigenvalue weighted by atomic mass is 16.5. The molecule has 0 fully saturated rings. The van der Waals surface area contributed by atoms with E-state index in [0.29, 0.717) is 19.0 Å². The lowest BCUT2D eigenvalue weighted by Gasteiger charge is -2.09. The summed E-state index contributed by atoms with van der Waals surface area (Å²) in [6, 6.07) is 14.9. The largest absolute Gasteiger partial charge is 0.490 e. The molecule has 4 heteroatoms.